The van der Waals surface area contributed by atoms with Gasteiger partial charge in [0.15, 0.2) is 0 Å². The van der Waals surface area contributed by atoms with Crippen LogP contribution in [0.1, 0.15) is 26.7 Å². The molecule has 0 aliphatic heterocycles. The quantitative estimate of drug-likeness (QED) is 0.549. The average molecular weight is 186 g/mol. The maximum Gasteiger partial charge on any atom is 0.122 e. The van der Waals surface area contributed by atoms with E-state index in [1.54, 1.807) is 6.92 Å². The van der Waals surface area contributed by atoms with Crippen molar-refractivity contribution in [2.45, 2.75) is 37.9 Å². The molecular formula is C10H18O3. The molecule has 0 saturated heterocycles. The number of aliphatic hydroxyl groups is 3. The van der Waals surface area contributed by atoms with E-state index in [4.69, 9.17) is 5.11 Å². The molecule has 0 heterocycles. The van der Waals surface area contributed by atoms with Crippen molar-refractivity contribution in [1.82, 2.24) is 0 Å². The van der Waals surface area contributed by atoms with Crippen LogP contribution in [-0.4, -0.2) is 33.1 Å². The van der Waals surface area contributed by atoms with E-state index in [9.17, 15) is 10.2 Å². The summed E-state index contributed by atoms with van der Waals surface area (Å²) in [7, 11) is 0. The van der Waals surface area contributed by atoms with Gasteiger partial charge in [-0.2, -0.15) is 0 Å². The molecule has 13 heavy (non-hydrogen) atoms. The first-order valence-electron chi connectivity index (χ1n) is 4.56. The van der Waals surface area contributed by atoms with Crippen LogP contribution in [0.25, 0.3) is 0 Å². The maximum absolute atomic E-state index is 10.1. The first-order valence-corrected chi connectivity index (χ1v) is 4.56. The Bertz CT molecular complexity index is 222. The van der Waals surface area contributed by atoms with Crippen LogP contribution in [0.4, 0.5) is 0 Å². The summed E-state index contributed by atoms with van der Waals surface area (Å²) in [5.74, 6) is -0.201. The zero-order valence-corrected chi connectivity index (χ0v) is 8.25. The van der Waals surface area contributed by atoms with Crippen LogP contribution in [0, 0.1) is 5.92 Å². The zero-order valence-electron chi connectivity index (χ0n) is 8.25. The van der Waals surface area contributed by atoms with Crippen molar-refractivity contribution in [3.8, 4) is 0 Å². The highest BCUT2D eigenvalue weighted by Gasteiger charge is 2.55. The molecule has 1 rings (SSSR count). The van der Waals surface area contributed by atoms with E-state index < -0.39 is 17.8 Å². The van der Waals surface area contributed by atoms with E-state index >= 15 is 0 Å². The smallest absolute Gasteiger partial charge is 0.122 e. The minimum Gasteiger partial charge on any atom is -0.393 e. The highest BCUT2D eigenvalue weighted by Crippen LogP contribution is 2.46. The lowest BCUT2D eigenvalue weighted by Gasteiger charge is -2.38. The van der Waals surface area contributed by atoms with Crippen molar-refractivity contribution in [2.24, 2.45) is 5.92 Å². The minimum atomic E-state index is -1.42. The molecule has 3 heteroatoms. The summed E-state index contributed by atoms with van der Waals surface area (Å²) in [5, 5.41) is 29.1. The Balaban J connectivity index is 2.99. The van der Waals surface area contributed by atoms with Gasteiger partial charge in [0, 0.05) is 5.92 Å². The van der Waals surface area contributed by atoms with Gasteiger partial charge in [0.2, 0.25) is 0 Å². The van der Waals surface area contributed by atoms with Gasteiger partial charge in [0.05, 0.1) is 12.2 Å². The van der Waals surface area contributed by atoms with Gasteiger partial charge in [-0.25, -0.2) is 0 Å². The molecule has 0 spiro atoms. The van der Waals surface area contributed by atoms with Gasteiger partial charge < -0.3 is 15.3 Å². The summed E-state index contributed by atoms with van der Waals surface area (Å²) in [4.78, 5) is 0. The molecule has 1 aliphatic rings. The summed E-state index contributed by atoms with van der Waals surface area (Å²) >= 11 is 0. The normalized spacial score (nSPS) is 45.2. The van der Waals surface area contributed by atoms with Crippen molar-refractivity contribution in [3.05, 3.63) is 12.2 Å². The molecule has 3 N–H and O–H groups in total. The van der Waals surface area contributed by atoms with Crippen molar-refractivity contribution < 1.29 is 15.3 Å². The monoisotopic (exact) mass is 186 g/mol. The van der Waals surface area contributed by atoms with Gasteiger partial charge >= 0.3 is 0 Å². The fraction of sp³-hybridized carbons (Fsp3) is 0.800. The van der Waals surface area contributed by atoms with Gasteiger partial charge in [-0.1, -0.05) is 12.2 Å². The first-order chi connectivity index (χ1) is 5.85. The van der Waals surface area contributed by atoms with Gasteiger partial charge in [0.1, 0.15) is 5.60 Å². The summed E-state index contributed by atoms with van der Waals surface area (Å²) in [6, 6.07) is 0. The highest BCUT2D eigenvalue weighted by atomic mass is 16.4. The number of hydrogen-bond acceptors (Lipinski definition) is 3. The largest absolute Gasteiger partial charge is 0.393 e. The van der Waals surface area contributed by atoms with Gasteiger partial charge in [0.25, 0.3) is 0 Å². The third kappa shape index (κ3) is 1.41. The second kappa shape index (κ2) is 3.08. The Hall–Kier alpha value is -0.380. The third-order valence-electron chi connectivity index (χ3n) is 3.26. The lowest BCUT2D eigenvalue weighted by atomic mass is 9.80. The van der Waals surface area contributed by atoms with E-state index in [0.717, 1.165) is 5.57 Å². The van der Waals surface area contributed by atoms with Crippen LogP contribution in [0.2, 0.25) is 0 Å². The molecule has 1 unspecified atom stereocenters. The average Bonchev–Trinajstić information content (AvgIpc) is 2.25. The summed E-state index contributed by atoms with van der Waals surface area (Å²) in [6.07, 6.45) is 1.18. The summed E-state index contributed by atoms with van der Waals surface area (Å²) in [6.45, 7) is 6.72. The Morgan fingerprint density at radius 2 is 2.08 bits per heavy atom. The standard InChI is InChI=1S/C10H18O3/c1-7(2)8-4-5-9(3,12)10(8,13)6-11/h8,11-13H,1,4-6H2,2-3H3/t8?,9-,10+/m0/s1. The van der Waals surface area contributed by atoms with E-state index in [1.165, 1.54) is 0 Å². The van der Waals surface area contributed by atoms with Crippen LogP contribution in [-0.2, 0) is 0 Å². The Kier molecular flexibility index (Phi) is 2.54. The van der Waals surface area contributed by atoms with Crippen molar-refractivity contribution in [2.75, 3.05) is 6.61 Å². The van der Waals surface area contributed by atoms with E-state index in [1.807, 2.05) is 6.92 Å². The van der Waals surface area contributed by atoms with Gasteiger partial charge in [-0.05, 0) is 26.7 Å². The highest BCUT2D eigenvalue weighted by molar-refractivity contribution is 5.17. The molecule has 0 aromatic rings. The third-order valence-corrected chi connectivity index (χ3v) is 3.26. The SMILES string of the molecule is C=C(C)C1CC[C@](C)(O)[C@@]1(O)CO. The molecule has 1 fully saturated rings. The topological polar surface area (TPSA) is 60.7 Å². The predicted molar refractivity (Wildman–Crippen MR) is 50.2 cm³/mol. The molecule has 3 atom stereocenters. The zero-order chi connectivity index (χ0) is 10.3. The number of hydrogen-bond donors (Lipinski definition) is 3. The van der Waals surface area contributed by atoms with Gasteiger partial charge in [-0.3, -0.25) is 0 Å². The first kappa shape index (κ1) is 10.7. The van der Waals surface area contributed by atoms with E-state index in [-0.39, 0.29) is 5.92 Å². The van der Waals surface area contributed by atoms with Crippen LogP contribution >= 0.6 is 0 Å². The molecule has 76 valence electrons. The van der Waals surface area contributed by atoms with Crippen molar-refractivity contribution in [3.63, 3.8) is 0 Å². The molecular weight excluding hydrogens is 168 g/mol. The lowest BCUT2D eigenvalue weighted by Crippen LogP contribution is -2.54. The predicted octanol–water partition coefficient (Wildman–Crippen LogP) is 0.447. The minimum absolute atomic E-state index is 0.201. The molecule has 0 aromatic heterocycles. The van der Waals surface area contributed by atoms with Crippen LogP contribution in [0.15, 0.2) is 12.2 Å². The van der Waals surface area contributed by atoms with Crippen LogP contribution < -0.4 is 0 Å². The lowest BCUT2D eigenvalue weighted by molar-refractivity contribution is -0.156. The maximum atomic E-state index is 10.1. The van der Waals surface area contributed by atoms with Crippen LogP contribution in [0.3, 0.4) is 0 Å². The van der Waals surface area contributed by atoms with Crippen molar-refractivity contribution in [1.29, 1.82) is 0 Å². The molecule has 0 radical (unpaired) electrons. The molecule has 0 amide bonds. The van der Waals surface area contributed by atoms with Crippen molar-refractivity contribution >= 4 is 0 Å². The second-order valence-corrected chi connectivity index (χ2v) is 4.29. The Morgan fingerprint density at radius 1 is 1.54 bits per heavy atom. The van der Waals surface area contributed by atoms with Gasteiger partial charge in [-0.15, -0.1) is 0 Å². The fourth-order valence-electron chi connectivity index (χ4n) is 2.19. The fourth-order valence-corrected chi connectivity index (χ4v) is 2.19. The number of rotatable bonds is 2. The Labute approximate surface area is 78.7 Å². The summed E-state index contributed by atoms with van der Waals surface area (Å²) in [5.41, 5.74) is -1.81. The van der Waals surface area contributed by atoms with E-state index in [0.29, 0.717) is 12.8 Å². The second-order valence-electron chi connectivity index (χ2n) is 4.29. The molecule has 0 aromatic carbocycles. The molecule has 3 nitrogen and oxygen atoms in total. The molecule has 0 bridgehead atoms. The Morgan fingerprint density at radius 3 is 2.38 bits per heavy atom. The molecule has 1 saturated carbocycles. The molecule has 1 aliphatic carbocycles. The van der Waals surface area contributed by atoms with E-state index in [2.05, 4.69) is 6.58 Å². The summed E-state index contributed by atoms with van der Waals surface area (Å²) < 4.78 is 0. The number of aliphatic hydroxyl groups excluding tert-OH is 1. The van der Waals surface area contributed by atoms with Crippen LogP contribution in [0.5, 0.6) is 0 Å².